The predicted molar refractivity (Wildman–Crippen MR) is 99.3 cm³/mol. The molecule has 5 nitrogen and oxygen atoms in total. The third-order valence-electron chi connectivity index (χ3n) is 3.64. The molecule has 2 rings (SSSR count). The first-order chi connectivity index (χ1) is 12.2. The van der Waals surface area contributed by atoms with Crippen LogP contribution in [0.15, 0.2) is 53.6 Å². The standard InChI is InChI=1S/C20H24N2O3/c1-3-4-7-16-10-12-18(13-11-16)25-15-20(23)22-21-14-17-8-5-6-9-19(17)24-2/h5-6,8-14H,3-4,7,15H2,1-2H3,(H,22,23). The first-order valence-electron chi connectivity index (χ1n) is 8.39. The first-order valence-corrected chi connectivity index (χ1v) is 8.39. The highest BCUT2D eigenvalue weighted by molar-refractivity contribution is 5.85. The van der Waals surface area contributed by atoms with Crippen molar-refractivity contribution < 1.29 is 14.3 Å². The van der Waals surface area contributed by atoms with Crippen LogP contribution in [0.3, 0.4) is 0 Å². The number of nitrogens with zero attached hydrogens (tertiary/aromatic N) is 1. The summed E-state index contributed by atoms with van der Waals surface area (Å²) in [6.07, 6.45) is 4.95. The van der Waals surface area contributed by atoms with Gasteiger partial charge in [-0.05, 0) is 42.7 Å². The van der Waals surface area contributed by atoms with E-state index in [-0.39, 0.29) is 12.5 Å². The van der Waals surface area contributed by atoms with E-state index < -0.39 is 0 Å². The Kier molecular flexibility index (Phi) is 7.50. The Balaban J connectivity index is 1.77. The van der Waals surface area contributed by atoms with Crippen molar-refractivity contribution in [3.05, 3.63) is 59.7 Å². The molecule has 0 saturated carbocycles. The van der Waals surface area contributed by atoms with Crippen LogP contribution >= 0.6 is 0 Å². The smallest absolute Gasteiger partial charge is 0.277 e. The van der Waals surface area contributed by atoms with Crippen molar-refractivity contribution in [2.45, 2.75) is 26.2 Å². The summed E-state index contributed by atoms with van der Waals surface area (Å²) in [5.74, 6) is 1.05. The van der Waals surface area contributed by atoms with Crippen LogP contribution in [-0.4, -0.2) is 25.8 Å². The first kappa shape index (κ1) is 18.5. The van der Waals surface area contributed by atoms with E-state index in [2.05, 4.69) is 17.5 Å². The molecule has 0 spiro atoms. The third-order valence-corrected chi connectivity index (χ3v) is 3.64. The number of hydrogen-bond donors (Lipinski definition) is 1. The van der Waals surface area contributed by atoms with E-state index in [0.29, 0.717) is 11.5 Å². The molecule has 0 atom stereocenters. The number of methoxy groups -OCH3 is 1. The van der Waals surface area contributed by atoms with Gasteiger partial charge in [-0.1, -0.05) is 37.6 Å². The fourth-order valence-electron chi connectivity index (χ4n) is 2.26. The van der Waals surface area contributed by atoms with Crippen LogP contribution in [0, 0.1) is 0 Å². The monoisotopic (exact) mass is 340 g/mol. The Morgan fingerprint density at radius 3 is 2.64 bits per heavy atom. The van der Waals surface area contributed by atoms with E-state index in [9.17, 15) is 4.79 Å². The topological polar surface area (TPSA) is 59.9 Å². The molecule has 2 aromatic carbocycles. The van der Waals surface area contributed by atoms with Crippen molar-refractivity contribution in [3.63, 3.8) is 0 Å². The molecule has 1 amide bonds. The normalized spacial score (nSPS) is 10.6. The van der Waals surface area contributed by atoms with Crippen LogP contribution in [0.2, 0.25) is 0 Å². The second-order valence-corrected chi connectivity index (χ2v) is 5.57. The molecule has 0 fully saturated rings. The second-order valence-electron chi connectivity index (χ2n) is 5.57. The van der Waals surface area contributed by atoms with E-state index in [4.69, 9.17) is 9.47 Å². The minimum Gasteiger partial charge on any atom is -0.496 e. The molecule has 0 saturated heterocycles. The van der Waals surface area contributed by atoms with Crippen LogP contribution < -0.4 is 14.9 Å². The number of nitrogens with one attached hydrogen (secondary N) is 1. The van der Waals surface area contributed by atoms with Gasteiger partial charge < -0.3 is 9.47 Å². The highest BCUT2D eigenvalue weighted by atomic mass is 16.5. The second kappa shape index (κ2) is 10.1. The summed E-state index contributed by atoms with van der Waals surface area (Å²) in [5.41, 5.74) is 4.51. The van der Waals surface area contributed by atoms with Crippen molar-refractivity contribution >= 4 is 12.1 Å². The Morgan fingerprint density at radius 2 is 1.92 bits per heavy atom. The third kappa shape index (κ3) is 6.30. The Bertz CT molecular complexity index is 696. The Labute approximate surface area is 148 Å². The van der Waals surface area contributed by atoms with Gasteiger partial charge in [0.1, 0.15) is 11.5 Å². The quantitative estimate of drug-likeness (QED) is 0.561. The molecule has 132 valence electrons. The van der Waals surface area contributed by atoms with Crippen LogP contribution in [0.25, 0.3) is 0 Å². The number of hydrazone groups is 1. The van der Waals surface area contributed by atoms with Gasteiger partial charge in [-0.3, -0.25) is 4.79 Å². The Morgan fingerprint density at radius 1 is 1.16 bits per heavy atom. The van der Waals surface area contributed by atoms with Crippen molar-refractivity contribution in [2.24, 2.45) is 5.10 Å². The van der Waals surface area contributed by atoms with Crippen molar-refractivity contribution in [1.82, 2.24) is 5.43 Å². The molecular formula is C20H24N2O3. The lowest BCUT2D eigenvalue weighted by Gasteiger charge is -2.06. The maximum atomic E-state index is 11.8. The highest BCUT2D eigenvalue weighted by Crippen LogP contribution is 2.15. The van der Waals surface area contributed by atoms with Gasteiger partial charge in [-0.25, -0.2) is 5.43 Å². The predicted octanol–water partition coefficient (Wildman–Crippen LogP) is 3.57. The molecule has 25 heavy (non-hydrogen) atoms. The Hall–Kier alpha value is -2.82. The maximum Gasteiger partial charge on any atom is 0.277 e. The van der Waals surface area contributed by atoms with Gasteiger partial charge in [0, 0.05) is 5.56 Å². The number of amides is 1. The van der Waals surface area contributed by atoms with Gasteiger partial charge >= 0.3 is 0 Å². The van der Waals surface area contributed by atoms with Gasteiger partial charge in [-0.15, -0.1) is 0 Å². The molecule has 5 heteroatoms. The average molecular weight is 340 g/mol. The molecule has 0 aliphatic heterocycles. The zero-order chi connectivity index (χ0) is 17.9. The van der Waals surface area contributed by atoms with Crippen LogP contribution in [-0.2, 0) is 11.2 Å². The molecule has 0 radical (unpaired) electrons. The summed E-state index contributed by atoms with van der Waals surface area (Å²) in [5, 5.41) is 3.93. The SMILES string of the molecule is CCCCc1ccc(OCC(=O)NN=Cc2ccccc2OC)cc1. The van der Waals surface area contributed by atoms with E-state index in [1.807, 2.05) is 48.5 Å². The van der Waals surface area contributed by atoms with Gasteiger partial charge in [-0.2, -0.15) is 5.10 Å². The molecule has 0 heterocycles. The number of carbonyl (C=O) groups is 1. The van der Waals surface area contributed by atoms with Crippen molar-refractivity contribution in [1.29, 1.82) is 0 Å². The molecule has 0 aliphatic rings. The number of ether oxygens (including phenoxy) is 2. The lowest BCUT2D eigenvalue weighted by atomic mass is 10.1. The fraction of sp³-hybridized carbons (Fsp3) is 0.300. The zero-order valence-corrected chi connectivity index (χ0v) is 14.7. The van der Waals surface area contributed by atoms with Crippen LogP contribution in [0.1, 0.15) is 30.9 Å². The van der Waals surface area contributed by atoms with Crippen LogP contribution in [0.5, 0.6) is 11.5 Å². The number of aryl methyl sites for hydroxylation is 1. The largest absolute Gasteiger partial charge is 0.496 e. The summed E-state index contributed by atoms with van der Waals surface area (Å²) in [6.45, 7) is 2.09. The molecular weight excluding hydrogens is 316 g/mol. The summed E-state index contributed by atoms with van der Waals surface area (Å²) in [4.78, 5) is 11.8. The number of unbranched alkanes of at least 4 members (excludes halogenated alkanes) is 1. The van der Waals surface area contributed by atoms with E-state index in [1.165, 1.54) is 18.4 Å². The van der Waals surface area contributed by atoms with E-state index >= 15 is 0 Å². The van der Waals surface area contributed by atoms with Gasteiger partial charge in [0.25, 0.3) is 5.91 Å². The maximum absolute atomic E-state index is 11.8. The van der Waals surface area contributed by atoms with Crippen molar-refractivity contribution in [3.8, 4) is 11.5 Å². The summed E-state index contributed by atoms with van der Waals surface area (Å²) >= 11 is 0. The van der Waals surface area contributed by atoms with E-state index in [1.54, 1.807) is 13.3 Å². The summed E-state index contributed by atoms with van der Waals surface area (Å²) in [6, 6.07) is 15.3. The number of para-hydroxylation sites is 1. The highest BCUT2D eigenvalue weighted by Gasteiger charge is 2.02. The lowest BCUT2D eigenvalue weighted by molar-refractivity contribution is -0.123. The van der Waals surface area contributed by atoms with Gasteiger partial charge in [0.2, 0.25) is 0 Å². The molecule has 0 aromatic heterocycles. The fourth-order valence-corrected chi connectivity index (χ4v) is 2.26. The van der Waals surface area contributed by atoms with Gasteiger partial charge in [0.05, 0.1) is 13.3 Å². The molecule has 2 aromatic rings. The summed E-state index contributed by atoms with van der Waals surface area (Å²) < 4.78 is 10.7. The number of hydrogen-bond acceptors (Lipinski definition) is 4. The van der Waals surface area contributed by atoms with Crippen LogP contribution in [0.4, 0.5) is 0 Å². The number of rotatable bonds is 9. The van der Waals surface area contributed by atoms with Gasteiger partial charge in [0.15, 0.2) is 6.61 Å². The summed E-state index contributed by atoms with van der Waals surface area (Å²) in [7, 11) is 1.59. The minimum atomic E-state index is -0.318. The average Bonchev–Trinajstić information content (AvgIpc) is 2.66. The van der Waals surface area contributed by atoms with Crippen molar-refractivity contribution in [2.75, 3.05) is 13.7 Å². The number of carbonyl (C=O) groups excluding carboxylic acids is 1. The zero-order valence-electron chi connectivity index (χ0n) is 14.7. The number of benzene rings is 2. The lowest BCUT2D eigenvalue weighted by Crippen LogP contribution is -2.24. The molecule has 0 unspecified atom stereocenters. The molecule has 0 bridgehead atoms. The molecule has 0 aliphatic carbocycles. The van der Waals surface area contributed by atoms with E-state index in [0.717, 1.165) is 12.0 Å². The molecule has 1 N–H and O–H groups in total. The minimum absolute atomic E-state index is 0.0857.